The number of nitrogens with zero attached hydrogens (tertiary/aromatic N) is 1. The van der Waals surface area contributed by atoms with Gasteiger partial charge in [-0.2, -0.15) is 0 Å². The van der Waals surface area contributed by atoms with E-state index in [4.69, 9.17) is 11.6 Å². The quantitative estimate of drug-likeness (QED) is 0.888. The standard InChI is InChI=1S/C14H16ClFN2S/c1-3-6-17-14(13-8-18-9(2)19-13)11-7-10(16)4-5-12(11)15/h4-5,7-8,14,17H,3,6H2,1-2H3. The van der Waals surface area contributed by atoms with E-state index in [1.165, 1.54) is 12.1 Å². The van der Waals surface area contributed by atoms with Gasteiger partial charge in [0.25, 0.3) is 0 Å². The molecule has 0 aliphatic carbocycles. The minimum Gasteiger partial charge on any atom is -0.306 e. The lowest BCUT2D eigenvalue weighted by molar-refractivity contribution is 0.590. The lowest BCUT2D eigenvalue weighted by Gasteiger charge is -2.18. The van der Waals surface area contributed by atoms with Crippen LogP contribution in [0.3, 0.4) is 0 Å². The fourth-order valence-electron chi connectivity index (χ4n) is 1.90. The molecule has 0 spiro atoms. The number of halogens is 2. The highest BCUT2D eigenvalue weighted by molar-refractivity contribution is 7.11. The maximum absolute atomic E-state index is 13.5. The number of nitrogens with one attached hydrogen (secondary N) is 1. The first-order valence-electron chi connectivity index (χ1n) is 6.22. The van der Waals surface area contributed by atoms with Crippen molar-refractivity contribution in [3.05, 3.63) is 50.7 Å². The van der Waals surface area contributed by atoms with Crippen molar-refractivity contribution in [3.63, 3.8) is 0 Å². The van der Waals surface area contributed by atoms with E-state index in [-0.39, 0.29) is 11.9 Å². The van der Waals surface area contributed by atoms with Crippen molar-refractivity contribution >= 4 is 22.9 Å². The van der Waals surface area contributed by atoms with Gasteiger partial charge in [-0.15, -0.1) is 11.3 Å². The molecule has 0 bridgehead atoms. The van der Waals surface area contributed by atoms with Gasteiger partial charge in [0.05, 0.1) is 11.0 Å². The van der Waals surface area contributed by atoms with Gasteiger partial charge in [-0.25, -0.2) is 9.37 Å². The van der Waals surface area contributed by atoms with Crippen LogP contribution in [0.1, 0.15) is 34.8 Å². The van der Waals surface area contributed by atoms with Crippen LogP contribution in [0.5, 0.6) is 0 Å². The summed E-state index contributed by atoms with van der Waals surface area (Å²) in [4.78, 5) is 5.32. The first-order valence-corrected chi connectivity index (χ1v) is 7.42. The molecule has 2 rings (SSSR count). The Balaban J connectivity index is 2.39. The zero-order valence-electron chi connectivity index (χ0n) is 10.9. The van der Waals surface area contributed by atoms with Crippen LogP contribution in [0.25, 0.3) is 0 Å². The van der Waals surface area contributed by atoms with Crippen LogP contribution in [-0.2, 0) is 0 Å². The second-order valence-corrected chi connectivity index (χ2v) is 6.01. The molecular weight excluding hydrogens is 283 g/mol. The van der Waals surface area contributed by atoms with E-state index in [0.29, 0.717) is 5.02 Å². The van der Waals surface area contributed by atoms with E-state index in [0.717, 1.165) is 28.4 Å². The summed E-state index contributed by atoms with van der Waals surface area (Å²) in [5, 5.41) is 4.96. The Bertz CT molecular complexity index is 556. The van der Waals surface area contributed by atoms with Gasteiger partial charge in [-0.05, 0) is 43.7 Å². The van der Waals surface area contributed by atoms with E-state index >= 15 is 0 Å². The van der Waals surface area contributed by atoms with E-state index in [9.17, 15) is 4.39 Å². The van der Waals surface area contributed by atoms with Crippen molar-refractivity contribution in [3.8, 4) is 0 Å². The summed E-state index contributed by atoms with van der Waals surface area (Å²) in [5.41, 5.74) is 0.763. The monoisotopic (exact) mass is 298 g/mol. The van der Waals surface area contributed by atoms with E-state index in [2.05, 4.69) is 17.2 Å². The van der Waals surface area contributed by atoms with Gasteiger partial charge >= 0.3 is 0 Å². The Hall–Kier alpha value is -0.970. The van der Waals surface area contributed by atoms with Gasteiger partial charge in [0.2, 0.25) is 0 Å². The second-order valence-electron chi connectivity index (χ2n) is 4.33. The third kappa shape index (κ3) is 3.53. The van der Waals surface area contributed by atoms with Gasteiger partial charge < -0.3 is 5.32 Å². The normalized spacial score (nSPS) is 12.6. The van der Waals surface area contributed by atoms with Gasteiger partial charge in [0.15, 0.2) is 0 Å². The van der Waals surface area contributed by atoms with E-state index in [1.54, 1.807) is 17.4 Å². The van der Waals surface area contributed by atoms with E-state index < -0.39 is 0 Å². The van der Waals surface area contributed by atoms with Crippen molar-refractivity contribution in [1.29, 1.82) is 0 Å². The fraction of sp³-hybridized carbons (Fsp3) is 0.357. The molecule has 0 aliphatic heterocycles. The molecule has 0 aliphatic rings. The number of aromatic nitrogens is 1. The lowest BCUT2D eigenvalue weighted by Crippen LogP contribution is -2.22. The largest absolute Gasteiger partial charge is 0.306 e. The van der Waals surface area contributed by atoms with Crippen molar-refractivity contribution in [2.45, 2.75) is 26.3 Å². The highest BCUT2D eigenvalue weighted by Crippen LogP contribution is 2.31. The van der Waals surface area contributed by atoms with Crippen LogP contribution >= 0.6 is 22.9 Å². The predicted octanol–water partition coefficient (Wildman–Crippen LogP) is 4.33. The molecule has 0 radical (unpaired) electrons. The van der Waals surface area contributed by atoms with Gasteiger partial charge in [0.1, 0.15) is 5.82 Å². The summed E-state index contributed by atoms with van der Waals surface area (Å²) in [6, 6.07) is 4.36. The molecule has 2 aromatic rings. The zero-order valence-corrected chi connectivity index (χ0v) is 12.5. The number of rotatable bonds is 5. The molecule has 19 heavy (non-hydrogen) atoms. The van der Waals surface area contributed by atoms with Gasteiger partial charge in [0, 0.05) is 16.1 Å². The second kappa shape index (κ2) is 6.46. The molecule has 0 amide bonds. The molecule has 102 valence electrons. The van der Waals surface area contributed by atoms with Crippen molar-refractivity contribution in [1.82, 2.24) is 10.3 Å². The van der Waals surface area contributed by atoms with Crippen molar-refractivity contribution in [2.24, 2.45) is 0 Å². The van der Waals surface area contributed by atoms with Crippen molar-refractivity contribution < 1.29 is 4.39 Å². The first kappa shape index (κ1) is 14.4. The number of hydrogen-bond donors (Lipinski definition) is 1. The predicted molar refractivity (Wildman–Crippen MR) is 78.4 cm³/mol. The summed E-state index contributed by atoms with van der Waals surface area (Å²) in [7, 11) is 0. The van der Waals surface area contributed by atoms with Crippen LogP contribution in [0.4, 0.5) is 4.39 Å². The molecule has 1 unspecified atom stereocenters. The highest BCUT2D eigenvalue weighted by atomic mass is 35.5. The Labute approximate surface area is 121 Å². The summed E-state index contributed by atoms with van der Waals surface area (Å²) in [6.45, 7) is 4.89. The minimum atomic E-state index is -0.274. The number of aryl methyl sites for hydroxylation is 1. The zero-order chi connectivity index (χ0) is 13.8. The molecule has 2 nitrogen and oxygen atoms in total. The summed E-state index contributed by atoms with van der Waals surface area (Å²) in [6.07, 6.45) is 2.83. The Morgan fingerprint density at radius 1 is 1.47 bits per heavy atom. The average molecular weight is 299 g/mol. The van der Waals surface area contributed by atoms with Crippen LogP contribution < -0.4 is 5.32 Å². The third-order valence-corrected chi connectivity index (χ3v) is 4.11. The number of benzene rings is 1. The molecule has 0 saturated heterocycles. The summed E-state index contributed by atoms with van der Waals surface area (Å²) >= 11 is 7.81. The fourth-order valence-corrected chi connectivity index (χ4v) is 3.01. The Kier molecular flexibility index (Phi) is 4.91. The van der Waals surface area contributed by atoms with Crippen molar-refractivity contribution in [2.75, 3.05) is 6.54 Å². The van der Waals surface area contributed by atoms with Crippen LogP contribution in [0.15, 0.2) is 24.4 Å². The smallest absolute Gasteiger partial charge is 0.123 e. The molecule has 1 heterocycles. The van der Waals surface area contributed by atoms with Crippen LogP contribution in [-0.4, -0.2) is 11.5 Å². The molecule has 0 saturated carbocycles. The average Bonchev–Trinajstić information content (AvgIpc) is 2.80. The Morgan fingerprint density at radius 2 is 2.26 bits per heavy atom. The van der Waals surface area contributed by atoms with Crippen LogP contribution in [0, 0.1) is 12.7 Å². The molecule has 1 aromatic heterocycles. The molecule has 1 atom stereocenters. The highest BCUT2D eigenvalue weighted by Gasteiger charge is 2.19. The SMILES string of the molecule is CCCNC(c1cnc(C)s1)c1cc(F)ccc1Cl. The first-order chi connectivity index (χ1) is 9.11. The number of hydrogen-bond acceptors (Lipinski definition) is 3. The minimum absolute atomic E-state index is 0.102. The van der Waals surface area contributed by atoms with Gasteiger partial charge in [-0.1, -0.05) is 18.5 Å². The molecular formula is C14H16ClFN2S. The molecule has 1 aromatic carbocycles. The van der Waals surface area contributed by atoms with E-state index in [1.807, 2.05) is 13.1 Å². The topological polar surface area (TPSA) is 24.9 Å². The summed E-state index contributed by atoms with van der Waals surface area (Å²) in [5.74, 6) is -0.274. The molecule has 0 fully saturated rings. The molecule has 5 heteroatoms. The maximum Gasteiger partial charge on any atom is 0.123 e. The summed E-state index contributed by atoms with van der Waals surface area (Å²) < 4.78 is 13.5. The maximum atomic E-state index is 13.5. The van der Waals surface area contributed by atoms with Gasteiger partial charge in [-0.3, -0.25) is 0 Å². The molecule has 1 N–H and O–H groups in total. The van der Waals surface area contributed by atoms with Crippen LogP contribution in [0.2, 0.25) is 5.02 Å². The Morgan fingerprint density at radius 3 is 2.89 bits per heavy atom. The number of thiazole rings is 1. The third-order valence-electron chi connectivity index (χ3n) is 2.79. The lowest BCUT2D eigenvalue weighted by atomic mass is 10.1.